The smallest absolute Gasteiger partial charge is 0.463 e. The highest BCUT2D eigenvalue weighted by Crippen LogP contribution is 2.49. The van der Waals surface area contributed by atoms with Crippen LogP contribution in [0, 0.1) is 0 Å². The SMILES string of the molecule is CCCCCCCCCCCCCCCCCC(=O)OC(COC(=O)CCCCCCCCCCCCC)COP(=O)(O)OC1C(OC2OC(CO)C(O)C(O)C2O)C(O)C(O)C(O)C1OC1OC(COC(=O)CCCCCCCCCCCCCCCC)C(O)C(O)C1O. The Morgan fingerprint density at radius 3 is 1.03 bits per heavy atom. The third-order valence-corrected chi connectivity index (χ3v) is 19.6. The molecule has 2 saturated heterocycles. The minimum absolute atomic E-state index is 0.0332. The van der Waals surface area contributed by atoms with Crippen LogP contribution in [-0.4, -0.2) is 204 Å². The second kappa shape index (κ2) is 52.9. The Kier molecular flexibility index (Phi) is 48.5. The molecule has 2 heterocycles. The van der Waals surface area contributed by atoms with Gasteiger partial charge in [-0.05, 0) is 19.3 Å². The number of phosphoric acid groups is 1. The highest BCUT2D eigenvalue weighted by molar-refractivity contribution is 7.47. The molecule has 18 unspecified atom stereocenters. The number of rotatable bonds is 58. The maximum Gasteiger partial charge on any atom is 0.472 e. The van der Waals surface area contributed by atoms with Crippen LogP contribution >= 0.6 is 7.82 Å². The van der Waals surface area contributed by atoms with Crippen LogP contribution in [0.5, 0.6) is 0 Å². The summed E-state index contributed by atoms with van der Waals surface area (Å²) in [6.07, 6.45) is 8.93. The Hall–Kier alpha value is -2.04. The standard InChI is InChI=1S/C70H131O24P/c1-4-7-10-13-16-19-22-24-26-28-31-34-37-40-43-46-56(74)89-51(48-86-54(72)44-41-38-35-32-29-21-18-15-12-9-6-3)49-88-95(84,85)94-68-66(92-69-64(82)59(77)57(75)52(47-71)90-69)62(80)61(79)63(81)67(68)93-70-65(83)60(78)58(76)53(91-70)50-87-55(73)45-42-39-36-33-30-27-25-23-20-17-14-11-8-5-2/h51-53,57-71,75-83H,4-50H2,1-3H3,(H,84,85). The molecule has 0 aromatic rings. The number of hydrogen-bond donors (Lipinski definition) is 11. The maximum atomic E-state index is 14.3. The molecule has 24 nitrogen and oxygen atoms in total. The van der Waals surface area contributed by atoms with Gasteiger partial charge in [-0.3, -0.25) is 23.4 Å². The van der Waals surface area contributed by atoms with E-state index in [2.05, 4.69) is 20.8 Å². The first-order valence-electron chi connectivity index (χ1n) is 37.3. The fraction of sp³-hybridized carbons (Fsp3) is 0.957. The summed E-state index contributed by atoms with van der Waals surface area (Å²) < 4.78 is 65.0. The second-order valence-electron chi connectivity index (χ2n) is 27.0. The molecule has 2 aliphatic heterocycles. The van der Waals surface area contributed by atoms with Gasteiger partial charge < -0.3 is 89.1 Å². The van der Waals surface area contributed by atoms with Gasteiger partial charge in [0.15, 0.2) is 18.7 Å². The number of unbranched alkanes of at least 4 members (excludes halogenated alkanes) is 37. The fourth-order valence-corrected chi connectivity index (χ4v) is 13.5. The lowest BCUT2D eigenvalue weighted by atomic mass is 9.84. The summed E-state index contributed by atoms with van der Waals surface area (Å²) in [4.78, 5) is 50.9. The van der Waals surface area contributed by atoms with E-state index in [4.69, 9.17) is 42.2 Å². The van der Waals surface area contributed by atoms with E-state index in [-0.39, 0.29) is 19.3 Å². The average molecular weight is 1390 g/mol. The zero-order valence-corrected chi connectivity index (χ0v) is 59.1. The number of esters is 3. The number of carbonyl (C=O) groups is 3. The van der Waals surface area contributed by atoms with Crippen molar-refractivity contribution >= 4 is 25.7 Å². The number of aliphatic hydroxyl groups excluding tert-OH is 10. The molecule has 3 fully saturated rings. The lowest BCUT2D eigenvalue weighted by Crippen LogP contribution is -2.69. The van der Waals surface area contributed by atoms with Crippen molar-refractivity contribution in [1.29, 1.82) is 0 Å². The van der Waals surface area contributed by atoms with Crippen molar-refractivity contribution in [3.8, 4) is 0 Å². The average Bonchev–Trinajstić information content (AvgIpc) is 0.764. The van der Waals surface area contributed by atoms with Crippen LogP contribution < -0.4 is 0 Å². The van der Waals surface area contributed by atoms with Crippen LogP contribution in [0.2, 0.25) is 0 Å². The van der Waals surface area contributed by atoms with Crippen molar-refractivity contribution in [2.75, 3.05) is 26.4 Å². The predicted molar refractivity (Wildman–Crippen MR) is 356 cm³/mol. The topological polar surface area (TPSA) is 374 Å². The Morgan fingerprint density at radius 2 is 0.674 bits per heavy atom. The van der Waals surface area contributed by atoms with Crippen molar-refractivity contribution in [3.05, 3.63) is 0 Å². The normalized spacial score (nSPS) is 28.1. The summed E-state index contributed by atoms with van der Waals surface area (Å²) in [5.41, 5.74) is 0. The van der Waals surface area contributed by atoms with E-state index in [1.165, 1.54) is 141 Å². The molecule has 3 aliphatic rings. The van der Waals surface area contributed by atoms with Gasteiger partial charge >= 0.3 is 25.7 Å². The van der Waals surface area contributed by atoms with E-state index >= 15 is 0 Å². The molecule has 95 heavy (non-hydrogen) atoms. The summed E-state index contributed by atoms with van der Waals surface area (Å²) in [7, 11) is -5.69. The second-order valence-corrected chi connectivity index (χ2v) is 28.4. The van der Waals surface area contributed by atoms with E-state index in [0.29, 0.717) is 19.3 Å². The summed E-state index contributed by atoms with van der Waals surface area (Å²) in [5.74, 6) is -1.98. The molecule has 0 amide bonds. The molecule has 0 bridgehead atoms. The van der Waals surface area contributed by atoms with Crippen LogP contribution in [0.4, 0.5) is 0 Å². The van der Waals surface area contributed by atoms with Gasteiger partial charge in [0.25, 0.3) is 0 Å². The van der Waals surface area contributed by atoms with E-state index in [0.717, 1.165) is 96.3 Å². The first-order valence-corrected chi connectivity index (χ1v) is 38.8. The van der Waals surface area contributed by atoms with Gasteiger partial charge in [-0.2, -0.15) is 0 Å². The summed E-state index contributed by atoms with van der Waals surface area (Å²) >= 11 is 0. The van der Waals surface area contributed by atoms with Gasteiger partial charge in [0.2, 0.25) is 0 Å². The van der Waals surface area contributed by atoms with Crippen molar-refractivity contribution in [2.45, 2.75) is 401 Å². The van der Waals surface area contributed by atoms with Crippen molar-refractivity contribution < 1.29 is 117 Å². The summed E-state index contributed by atoms with van der Waals surface area (Å²) in [5, 5.41) is 110. The van der Waals surface area contributed by atoms with Gasteiger partial charge in [-0.25, -0.2) is 4.57 Å². The van der Waals surface area contributed by atoms with Crippen LogP contribution in [0.25, 0.3) is 0 Å². The van der Waals surface area contributed by atoms with Gasteiger partial charge in [0, 0.05) is 19.3 Å². The van der Waals surface area contributed by atoms with Gasteiger partial charge in [0.05, 0.1) is 13.2 Å². The number of carbonyl (C=O) groups excluding carboxylic acids is 3. The Bertz CT molecular complexity index is 1980. The van der Waals surface area contributed by atoms with Crippen LogP contribution in [-0.2, 0) is 61.2 Å². The van der Waals surface area contributed by atoms with Gasteiger partial charge in [-0.15, -0.1) is 0 Å². The zero-order chi connectivity index (χ0) is 69.6. The molecule has 0 aromatic carbocycles. The first-order chi connectivity index (χ1) is 45.8. The monoisotopic (exact) mass is 1390 g/mol. The molecule has 11 N–H and O–H groups in total. The quantitative estimate of drug-likeness (QED) is 0.0117. The highest BCUT2D eigenvalue weighted by Gasteiger charge is 2.58. The molecular weight excluding hydrogens is 1260 g/mol. The van der Waals surface area contributed by atoms with E-state index < -0.39 is 156 Å². The Morgan fingerprint density at radius 1 is 0.368 bits per heavy atom. The lowest BCUT2D eigenvalue weighted by Gasteiger charge is -2.49. The molecule has 25 heteroatoms. The number of phosphoric ester groups is 1. The number of hydrogen-bond acceptors (Lipinski definition) is 23. The minimum Gasteiger partial charge on any atom is -0.463 e. The Balaban J connectivity index is 1.73. The maximum absolute atomic E-state index is 14.3. The van der Waals surface area contributed by atoms with Crippen molar-refractivity contribution in [1.82, 2.24) is 0 Å². The predicted octanol–water partition coefficient (Wildman–Crippen LogP) is 9.80. The van der Waals surface area contributed by atoms with E-state index in [9.17, 15) is 74.9 Å². The minimum atomic E-state index is -5.69. The van der Waals surface area contributed by atoms with Crippen LogP contribution in [0.15, 0.2) is 0 Å². The van der Waals surface area contributed by atoms with Gasteiger partial charge in [-0.1, -0.05) is 258 Å². The van der Waals surface area contributed by atoms with Crippen molar-refractivity contribution in [3.63, 3.8) is 0 Å². The molecule has 0 spiro atoms. The lowest BCUT2D eigenvalue weighted by molar-refractivity contribution is -0.360. The van der Waals surface area contributed by atoms with Gasteiger partial charge in [0.1, 0.15) is 98.7 Å². The Labute approximate surface area is 568 Å². The molecule has 18 atom stereocenters. The summed E-state index contributed by atoms with van der Waals surface area (Å²) in [6, 6.07) is 0. The first kappa shape index (κ1) is 87.2. The van der Waals surface area contributed by atoms with E-state index in [1.807, 2.05) is 0 Å². The third kappa shape index (κ3) is 36.4. The third-order valence-electron chi connectivity index (χ3n) is 18.6. The van der Waals surface area contributed by atoms with Crippen LogP contribution in [0.1, 0.15) is 297 Å². The molecular formula is C70H131O24P. The number of ether oxygens (including phenoxy) is 7. The van der Waals surface area contributed by atoms with E-state index in [1.54, 1.807) is 0 Å². The largest absolute Gasteiger partial charge is 0.472 e. The highest BCUT2D eigenvalue weighted by atomic mass is 31.2. The molecule has 0 aromatic heterocycles. The zero-order valence-electron chi connectivity index (χ0n) is 58.2. The molecule has 1 aliphatic carbocycles. The molecule has 3 rings (SSSR count). The van der Waals surface area contributed by atoms with Crippen LogP contribution in [0.3, 0.4) is 0 Å². The van der Waals surface area contributed by atoms with Crippen molar-refractivity contribution in [2.24, 2.45) is 0 Å². The number of aliphatic hydroxyl groups is 10. The molecule has 1 saturated carbocycles. The molecule has 0 radical (unpaired) electrons. The molecule has 560 valence electrons. The summed E-state index contributed by atoms with van der Waals surface area (Å²) in [6.45, 7) is 3.45. The fourth-order valence-electron chi connectivity index (χ4n) is 12.5.